The van der Waals surface area contributed by atoms with Crippen LogP contribution >= 0.6 is 63.7 Å². The number of ketones is 1. The quantitative estimate of drug-likeness (QED) is 0.0700. The van der Waals surface area contributed by atoms with Gasteiger partial charge in [-0.3, -0.25) is 29.3 Å². The molecule has 0 bridgehead atoms. The molecule has 0 unspecified atom stereocenters. The van der Waals surface area contributed by atoms with Crippen LogP contribution in [0.5, 0.6) is 5.75 Å². The zero-order chi connectivity index (χ0) is 27.9. The van der Waals surface area contributed by atoms with Gasteiger partial charge in [0.25, 0.3) is 23.4 Å². The molecule has 3 aromatic rings. The molecule has 3 aromatic carbocycles. The lowest BCUT2D eigenvalue weighted by molar-refractivity contribution is -0.384. The fourth-order valence-corrected chi connectivity index (χ4v) is 6.17. The maximum Gasteiger partial charge on any atom is 0.282 e. The zero-order valence-corrected chi connectivity index (χ0v) is 25.4. The van der Waals surface area contributed by atoms with Gasteiger partial charge in [-0.2, -0.15) is 5.01 Å². The minimum atomic E-state index is -0.968. The highest BCUT2D eigenvalue weighted by Crippen LogP contribution is 2.45. The Morgan fingerprint density at radius 2 is 1.45 bits per heavy atom. The number of ether oxygens (including phenoxy) is 1. The van der Waals surface area contributed by atoms with Gasteiger partial charge in [-0.15, -0.1) is 0 Å². The highest BCUT2D eigenvalue weighted by molar-refractivity contribution is 9.15. The third-order valence-corrected chi connectivity index (χ3v) is 10.3. The largest absolute Gasteiger partial charge is 0.497 e. The summed E-state index contributed by atoms with van der Waals surface area (Å²) in [5.41, 5.74) is -0.499. The topological polar surface area (TPSA) is 127 Å². The summed E-state index contributed by atoms with van der Waals surface area (Å²) in [5, 5.41) is 12.5. The molecule has 0 atom stereocenters. The maximum atomic E-state index is 13.7. The monoisotopic (exact) mass is 771 g/mol. The molecule has 4 rings (SSSR count). The van der Waals surface area contributed by atoms with Crippen LogP contribution in [0.2, 0.25) is 0 Å². The molecule has 0 spiro atoms. The first kappa shape index (κ1) is 28.1. The second-order valence-corrected chi connectivity index (χ2v) is 10.9. The first-order chi connectivity index (χ1) is 18.0. The Hall–Kier alpha value is -2.94. The highest BCUT2D eigenvalue weighted by Gasteiger charge is 2.46. The van der Waals surface area contributed by atoms with E-state index in [0.29, 0.717) is 24.7 Å². The van der Waals surface area contributed by atoms with E-state index in [9.17, 15) is 29.3 Å². The molecule has 14 heteroatoms. The van der Waals surface area contributed by atoms with E-state index in [4.69, 9.17) is 4.74 Å². The van der Waals surface area contributed by atoms with Crippen molar-refractivity contribution < 1.29 is 28.8 Å². The summed E-state index contributed by atoms with van der Waals surface area (Å²) in [7, 11) is 1.42. The van der Waals surface area contributed by atoms with Crippen LogP contribution in [-0.4, -0.2) is 52.1 Å². The molecule has 3 amide bonds. The van der Waals surface area contributed by atoms with Gasteiger partial charge in [0.15, 0.2) is 5.78 Å². The lowest BCUT2D eigenvalue weighted by Gasteiger charge is -2.29. The zero-order valence-electron chi connectivity index (χ0n) is 19.0. The summed E-state index contributed by atoms with van der Waals surface area (Å²) in [5.74, 6) is -2.94. The third kappa shape index (κ3) is 4.93. The van der Waals surface area contributed by atoms with Crippen molar-refractivity contribution in [1.29, 1.82) is 0 Å². The van der Waals surface area contributed by atoms with E-state index in [0.717, 1.165) is 6.07 Å². The number of amides is 3. The van der Waals surface area contributed by atoms with Gasteiger partial charge in [-0.05, 0) is 81.9 Å². The van der Waals surface area contributed by atoms with Gasteiger partial charge >= 0.3 is 0 Å². The number of halogens is 4. The number of benzene rings is 3. The first-order valence-electron chi connectivity index (χ1n) is 10.5. The summed E-state index contributed by atoms with van der Waals surface area (Å²) >= 11 is 13.3. The van der Waals surface area contributed by atoms with Gasteiger partial charge in [-0.25, -0.2) is 5.01 Å². The number of imide groups is 1. The molecule has 1 aliphatic heterocycles. The van der Waals surface area contributed by atoms with Crippen LogP contribution in [0.4, 0.5) is 5.69 Å². The van der Waals surface area contributed by atoms with Crippen LogP contribution in [0.15, 0.2) is 66.4 Å². The molecule has 1 aliphatic rings. The number of hydrogen-bond acceptors (Lipinski definition) is 7. The number of nitro benzene ring substituents is 1. The number of hydrazine groups is 1. The van der Waals surface area contributed by atoms with E-state index in [1.807, 2.05) is 0 Å². The number of fused-ring (bicyclic) bond motifs is 1. The van der Waals surface area contributed by atoms with Crippen molar-refractivity contribution in [3.8, 4) is 5.75 Å². The standard InChI is InChI=1S/C24H13Br4N3O7/c1-38-14-7-3-4-11(9-14)15(32)10-29(22(33)12-5-2-6-13(8-12)31(36)37)30-23(34)16-17(24(30)35)19(26)21(28)20(27)18(16)25/h2-9H,10H2,1H3. The van der Waals surface area contributed by atoms with Gasteiger partial charge in [-0.1, -0.05) is 18.2 Å². The number of methoxy groups -OCH3 is 1. The number of Topliss-reactive ketones (excluding diaryl/α,β-unsaturated/α-hetero) is 1. The predicted molar refractivity (Wildman–Crippen MR) is 149 cm³/mol. The molecular weight excluding hydrogens is 762 g/mol. The van der Waals surface area contributed by atoms with Crippen LogP contribution in [-0.2, 0) is 0 Å². The van der Waals surface area contributed by atoms with E-state index in [1.165, 1.54) is 37.4 Å². The molecule has 194 valence electrons. The molecule has 38 heavy (non-hydrogen) atoms. The van der Waals surface area contributed by atoms with Gasteiger partial charge < -0.3 is 4.74 Å². The number of carbonyl (C=O) groups excluding carboxylic acids is 4. The van der Waals surface area contributed by atoms with Crippen LogP contribution in [0.1, 0.15) is 41.4 Å². The summed E-state index contributed by atoms with van der Waals surface area (Å²) in [6.07, 6.45) is 0. The van der Waals surface area contributed by atoms with Crippen molar-refractivity contribution >= 4 is 92.9 Å². The first-order valence-corrected chi connectivity index (χ1v) is 13.6. The fraction of sp³-hybridized carbons (Fsp3) is 0.0833. The molecule has 0 saturated heterocycles. The average molecular weight is 775 g/mol. The van der Waals surface area contributed by atoms with Crippen LogP contribution in [0.25, 0.3) is 0 Å². The minimum absolute atomic E-state index is 0.0392. The molecule has 10 nitrogen and oxygen atoms in total. The molecule has 0 saturated carbocycles. The molecule has 0 radical (unpaired) electrons. The summed E-state index contributed by atoms with van der Waals surface area (Å²) in [4.78, 5) is 64.8. The van der Waals surface area contributed by atoms with E-state index in [1.54, 1.807) is 12.1 Å². The number of rotatable bonds is 7. The van der Waals surface area contributed by atoms with Crippen LogP contribution in [0.3, 0.4) is 0 Å². The van der Waals surface area contributed by atoms with Crippen molar-refractivity contribution in [1.82, 2.24) is 10.0 Å². The molecule has 0 N–H and O–H groups in total. The van der Waals surface area contributed by atoms with Crippen molar-refractivity contribution in [2.24, 2.45) is 0 Å². The molecular formula is C24H13Br4N3O7. The number of nitrogens with zero attached hydrogens (tertiary/aromatic N) is 3. The second kappa shape index (κ2) is 11.0. The van der Waals surface area contributed by atoms with Gasteiger partial charge in [0.1, 0.15) is 12.3 Å². The average Bonchev–Trinajstić information content (AvgIpc) is 3.18. The Balaban J connectivity index is 1.84. The van der Waals surface area contributed by atoms with E-state index in [2.05, 4.69) is 63.7 Å². The van der Waals surface area contributed by atoms with Crippen molar-refractivity contribution in [2.75, 3.05) is 13.7 Å². The summed E-state index contributed by atoms with van der Waals surface area (Å²) < 4.78 is 6.54. The molecule has 0 aliphatic carbocycles. The Bertz CT molecular complexity index is 1510. The number of hydrogen-bond donors (Lipinski definition) is 0. The fourth-order valence-electron chi connectivity index (χ4n) is 3.72. The van der Waals surface area contributed by atoms with Gasteiger partial charge in [0, 0.05) is 41.2 Å². The van der Waals surface area contributed by atoms with E-state index >= 15 is 0 Å². The lowest BCUT2D eigenvalue weighted by atomic mass is 10.1. The van der Waals surface area contributed by atoms with E-state index in [-0.39, 0.29) is 36.9 Å². The second-order valence-electron chi connectivity index (χ2n) is 7.75. The predicted octanol–water partition coefficient (Wildman–Crippen LogP) is 6.19. The van der Waals surface area contributed by atoms with Crippen molar-refractivity contribution in [3.63, 3.8) is 0 Å². The summed E-state index contributed by atoms with van der Waals surface area (Å²) in [6, 6.07) is 10.9. The smallest absolute Gasteiger partial charge is 0.282 e. The Morgan fingerprint density at radius 3 is 2.00 bits per heavy atom. The van der Waals surface area contributed by atoms with Gasteiger partial charge in [0.05, 0.1) is 23.2 Å². The normalized spacial score (nSPS) is 12.4. The lowest BCUT2D eigenvalue weighted by Crippen LogP contribution is -2.51. The minimum Gasteiger partial charge on any atom is -0.497 e. The van der Waals surface area contributed by atoms with E-state index < -0.39 is 35.0 Å². The number of nitro groups is 1. The van der Waals surface area contributed by atoms with Gasteiger partial charge in [0.2, 0.25) is 0 Å². The van der Waals surface area contributed by atoms with Crippen molar-refractivity contribution in [3.05, 3.63) is 98.8 Å². The maximum absolute atomic E-state index is 13.7. The summed E-state index contributed by atoms with van der Waals surface area (Å²) in [6.45, 7) is -0.724. The Labute approximate surface area is 248 Å². The van der Waals surface area contributed by atoms with Crippen LogP contribution < -0.4 is 4.74 Å². The SMILES string of the molecule is COc1cccc(C(=O)CN(C(=O)c2cccc([N+](=O)[O-])c2)N2C(=O)c3c(Br)c(Br)c(Br)c(Br)c3C2=O)c1. The highest BCUT2D eigenvalue weighted by atomic mass is 79.9. The number of non-ortho nitro benzene ring substituents is 1. The molecule has 0 aromatic heterocycles. The third-order valence-electron chi connectivity index (χ3n) is 5.54. The van der Waals surface area contributed by atoms with Crippen molar-refractivity contribution in [2.45, 2.75) is 0 Å². The molecule has 0 fully saturated rings. The number of carbonyl (C=O) groups is 4. The molecule has 1 heterocycles. The van der Waals surface area contributed by atoms with Crippen LogP contribution in [0, 0.1) is 10.1 Å². The Morgan fingerprint density at radius 1 is 0.895 bits per heavy atom. The Kier molecular flexibility index (Phi) is 8.16.